The number of furan rings is 1. The monoisotopic (exact) mass is 589 g/mol. The van der Waals surface area contributed by atoms with Crippen molar-refractivity contribution in [3.8, 4) is 44.7 Å². The van der Waals surface area contributed by atoms with Crippen LogP contribution in [0, 0.1) is 0 Å². The molecular formula is C44H31NO. The molecule has 0 saturated carbocycles. The number of hydrogen-bond donors (Lipinski definition) is 0. The van der Waals surface area contributed by atoms with Crippen LogP contribution in [0.25, 0.3) is 55.7 Å². The molecule has 8 aromatic rings. The Bertz CT molecular complexity index is 2200. The first-order valence-electron chi connectivity index (χ1n) is 15.6. The lowest BCUT2D eigenvalue weighted by molar-refractivity contribution is 0.631. The van der Waals surface area contributed by atoms with Gasteiger partial charge < -0.3 is 9.32 Å². The Morgan fingerprint density at radius 2 is 0.804 bits per heavy atom. The molecule has 0 unspecified atom stereocenters. The Morgan fingerprint density at radius 3 is 1.43 bits per heavy atom. The van der Waals surface area contributed by atoms with E-state index in [1.54, 1.807) is 0 Å². The predicted molar refractivity (Wildman–Crippen MR) is 193 cm³/mol. The van der Waals surface area contributed by atoms with Crippen LogP contribution in [0.2, 0.25) is 0 Å². The van der Waals surface area contributed by atoms with Gasteiger partial charge in [0.15, 0.2) is 0 Å². The minimum Gasteiger partial charge on any atom is -0.456 e. The van der Waals surface area contributed by atoms with Crippen LogP contribution in [-0.4, -0.2) is 0 Å². The summed E-state index contributed by atoms with van der Waals surface area (Å²) in [5, 5.41) is 1.09. The zero-order valence-corrected chi connectivity index (χ0v) is 25.3. The number of benzene rings is 7. The van der Waals surface area contributed by atoms with Crippen LogP contribution in [0.3, 0.4) is 0 Å². The van der Waals surface area contributed by atoms with Gasteiger partial charge in [0.1, 0.15) is 11.3 Å². The summed E-state index contributed by atoms with van der Waals surface area (Å²) in [6.45, 7) is 0. The van der Waals surface area contributed by atoms with Gasteiger partial charge in [-0.1, -0.05) is 140 Å². The second kappa shape index (κ2) is 12.1. The summed E-state index contributed by atoms with van der Waals surface area (Å²) in [6, 6.07) is 66.2. The number of rotatable bonds is 7. The summed E-state index contributed by atoms with van der Waals surface area (Å²) in [5.41, 5.74) is 12.3. The third kappa shape index (κ3) is 5.27. The van der Waals surface area contributed by atoms with Crippen LogP contribution in [0.1, 0.15) is 0 Å². The smallest absolute Gasteiger partial charge is 0.137 e. The average Bonchev–Trinajstić information content (AvgIpc) is 3.58. The van der Waals surface area contributed by atoms with Crippen LogP contribution in [0.4, 0.5) is 17.1 Å². The lowest BCUT2D eigenvalue weighted by atomic mass is 9.94. The average molecular weight is 590 g/mol. The second-order valence-corrected chi connectivity index (χ2v) is 11.4. The van der Waals surface area contributed by atoms with E-state index in [9.17, 15) is 0 Å². The van der Waals surface area contributed by atoms with Crippen LogP contribution in [0.15, 0.2) is 192 Å². The van der Waals surface area contributed by atoms with Crippen molar-refractivity contribution in [2.75, 3.05) is 4.90 Å². The highest BCUT2D eigenvalue weighted by atomic mass is 16.3. The molecule has 1 aromatic heterocycles. The maximum atomic E-state index is 6.40. The molecule has 0 saturated heterocycles. The first-order valence-corrected chi connectivity index (χ1v) is 15.6. The van der Waals surface area contributed by atoms with E-state index in [4.69, 9.17) is 4.42 Å². The summed E-state index contributed by atoms with van der Waals surface area (Å²) >= 11 is 0. The zero-order chi connectivity index (χ0) is 30.7. The number of fused-ring (bicyclic) bond motifs is 1. The molecule has 0 aliphatic rings. The standard InChI is InChI=1S/C44H31NO/c1-3-13-32(14-4-1)33-23-27-37(28-24-33)45(42-21-11-10-20-41(42)44-31-36-17-7-12-22-43(36)46-44)38-29-25-35(26-30-38)40-19-9-8-18-39(40)34-15-5-2-6-16-34/h1-31H. The summed E-state index contributed by atoms with van der Waals surface area (Å²) in [5.74, 6) is 0.844. The summed E-state index contributed by atoms with van der Waals surface area (Å²) in [4.78, 5) is 2.32. The minimum atomic E-state index is 0.844. The van der Waals surface area contributed by atoms with Crippen molar-refractivity contribution in [1.82, 2.24) is 0 Å². The lowest BCUT2D eigenvalue weighted by Crippen LogP contribution is -2.11. The van der Waals surface area contributed by atoms with Gasteiger partial charge in [-0.25, -0.2) is 0 Å². The quantitative estimate of drug-likeness (QED) is 0.184. The molecule has 0 radical (unpaired) electrons. The highest BCUT2D eigenvalue weighted by Crippen LogP contribution is 2.43. The number of hydrogen-bond acceptors (Lipinski definition) is 2. The molecule has 0 N–H and O–H groups in total. The van der Waals surface area contributed by atoms with E-state index in [0.717, 1.165) is 39.4 Å². The van der Waals surface area contributed by atoms with Gasteiger partial charge in [0, 0.05) is 22.3 Å². The molecule has 0 bridgehead atoms. The molecule has 0 aliphatic heterocycles. The maximum absolute atomic E-state index is 6.40. The normalized spacial score (nSPS) is 11.0. The van der Waals surface area contributed by atoms with Gasteiger partial charge in [0.05, 0.1) is 5.69 Å². The third-order valence-electron chi connectivity index (χ3n) is 8.52. The van der Waals surface area contributed by atoms with Crippen molar-refractivity contribution in [2.45, 2.75) is 0 Å². The summed E-state index contributed by atoms with van der Waals surface area (Å²) in [7, 11) is 0. The first-order chi connectivity index (χ1) is 22.8. The largest absolute Gasteiger partial charge is 0.456 e. The molecule has 0 amide bonds. The van der Waals surface area contributed by atoms with Gasteiger partial charge >= 0.3 is 0 Å². The van der Waals surface area contributed by atoms with Crippen molar-refractivity contribution in [1.29, 1.82) is 0 Å². The van der Waals surface area contributed by atoms with Gasteiger partial charge in [0.2, 0.25) is 0 Å². The Labute approximate surface area is 269 Å². The molecular weight excluding hydrogens is 558 g/mol. The van der Waals surface area contributed by atoms with E-state index in [-0.39, 0.29) is 0 Å². The lowest BCUT2D eigenvalue weighted by Gasteiger charge is -2.27. The maximum Gasteiger partial charge on any atom is 0.137 e. The summed E-state index contributed by atoms with van der Waals surface area (Å²) in [6.07, 6.45) is 0. The molecule has 7 aromatic carbocycles. The molecule has 0 aliphatic carbocycles. The Balaban J connectivity index is 1.25. The highest BCUT2D eigenvalue weighted by Gasteiger charge is 2.19. The molecule has 2 heteroatoms. The van der Waals surface area contributed by atoms with Crippen molar-refractivity contribution in [3.05, 3.63) is 188 Å². The van der Waals surface area contributed by atoms with Crippen LogP contribution in [0.5, 0.6) is 0 Å². The van der Waals surface area contributed by atoms with E-state index in [2.05, 4.69) is 175 Å². The van der Waals surface area contributed by atoms with Gasteiger partial charge in [-0.3, -0.25) is 0 Å². The van der Waals surface area contributed by atoms with E-state index < -0.39 is 0 Å². The van der Waals surface area contributed by atoms with Gasteiger partial charge in [-0.2, -0.15) is 0 Å². The Morgan fingerprint density at radius 1 is 0.348 bits per heavy atom. The number of para-hydroxylation sites is 2. The van der Waals surface area contributed by atoms with Crippen LogP contribution < -0.4 is 4.90 Å². The Hall–Kier alpha value is -6.12. The highest BCUT2D eigenvalue weighted by molar-refractivity contribution is 5.92. The van der Waals surface area contributed by atoms with Gasteiger partial charge in [-0.05, 0) is 81.9 Å². The fourth-order valence-corrected chi connectivity index (χ4v) is 6.25. The topological polar surface area (TPSA) is 16.4 Å². The van der Waals surface area contributed by atoms with Crippen molar-refractivity contribution in [3.63, 3.8) is 0 Å². The fourth-order valence-electron chi connectivity index (χ4n) is 6.25. The predicted octanol–water partition coefficient (Wildman–Crippen LogP) is 12.6. The fraction of sp³-hybridized carbons (Fsp3) is 0. The molecule has 0 spiro atoms. The van der Waals surface area contributed by atoms with E-state index in [1.165, 1.54) is 33.4 Å². The third-order valence-corrected chi connectivity index (χ3v) is 8.52. The minimum absolute atomic E-state index is 0.844. The van der Waals surface area contributed by atoms with Gasteiger partial charge in [0.25, 0.3) is 0 Å². The van der Waals surface area contributed by atoms with Crippen molar-refractivity contribution < 1.29 is 4.42 Å². The Kier molecular flexibility index (Phi) is 7.22. The molecule has 2 nitrogen and oxygen atoms in total. The molecule has 1 heterocycles. The number of nitrogens with zero attached hydrogens (tertiary/aromatic N) is 1. The SMILES string of the molecule is c1ccc(-c2ccc(N(c3ccc(-c4ccccc4-c4ccccc4)cc3)c3ccccc3-c3cc4ccccc4o3)cc2)cc1. The molecule has 218 valence electrons. The molecule has 0 fully saturated rings. The van der Waals surface area contributed by atoms with E-state index in [0.29, 0.717) is 0 Å². The molecule has 46 heavy (non-hydrogen) atoms. The first kappa shape index (κ1) is 27.4. The number of anilines is 3. The van der Waals surface area contributed by atoms with E-state index in [1.807, 2.05) is 18.2 Å². The van der Waals surface area contributed by atoms with E-state index >= 15 is 0 Å². The molecule has 0 atom stereocenters. The van der Waals surface area contributed by atoms with Gasteiger partial charge in [-0.15, -0.1) is 0 Å². The van der Waals surface area contributed by atoms with Crippen LogP contribution >= 0.6 is 0 Å². The zero-order valence-electron chi connectivity index (χ0n) is 25.3. The second-order valence-electron chi connectivity index (χ2n) is 11.4. The van der Waals surface area contributed by atoms with Crippen molar-refractivity contribution >= 4 is 28.0 Å². The van der Waals surface area contributed by atoms with Crippen molar-refractivity contribution in [2.24, 2.45) is 0 Å². The van der Waals surface area contributed by atoms with Crippen LogP contribution in [-0.2, 0) is 0 Å². The summed E-state index contributed by atoms with van der Waals surface area (Å²) < 4.78 is 6.40. The molecule has 8 rings (SSSR count).